The summed E-state index contributed by atoms with van der Waals surface area (Å²) in [6, 6.07) is 24.8. The standard InChI is InChI=1S/C25H27N3O2/c1-3-20-9-7-8-12-23(20)27-24(29)18-28(2)17-19-13-15-21(16-14-19)25(30)26-22-10-5-4-6-11-22/h4-16H,3,17-18H2,1-2H3,(H,26,30)(H,27,29)/p+1. The third-order valence-corrected chi connectivity index (χ3v) is 4.89. The fraction of sp³-hybridized carbons (Fsp3) is 0.200. The second kappa shape index (κ2) is 10.4. The van der Waals surface area contributed by atoms with Crippen LogP contribution in [0.15, 0.2) is 78.9 Å². The van der Waals surface area contributed by atoms with Crippen molar-refractivity contribution in [1.82, 2.24) is 0 Å². The first-order valence-electron chi connectivity index (χ1n) is 10.2. The van der Waals surface area contributed by atoms with E-state index in [0.29, 0.717) is 18.7 Å². The van der Waals surface area contributed by atoms with Crippen molar-refractivity contribution in [3.8, 4) is 0 Å². The molecule has 3 aromatic rings. The Labute approximate surface area is 177 Å². The minimum Gasteiger partial charge on any atom is -0.326 e. The molecule has 0 aromatic heterocycles. The van der Waals surface area contributed by atoms with Gasteiger partial charge in [0.25, 0.3) is 11.8 Å². The van der Waals surface area contributed by atoms with Crippen LogP contribution in [0.25, 0.3) is 0 Å². The maximum atomic E-state index is 12.4. The normalized spacial score (nSPS) is 11.5. The van der Waals surface area contributed by atoms with E-state index in [9.17, 15) is 9.59 Å². The second-order valence-electron chi connectivity index (χ2n) is 7.39. The quantitative estimate of drug-likeness (QED) is 0.542. The van der Waals surface area contributed by atoms with Crippen LogP contribution in [0, 0.1) is 0 Å². The molecule has 0 bridgehead atoms. The number of carbonyl (C=O) groups excluding carboxylic acids is 2. The topological polar surface area (TPSA) is 62.6 Å². The molecule has 2 amide bonds. The third kappa shape index (κ3) is 6.03. The molecule has 0 heterocycles. The van der Waals surface area contributed by atoms with Gasteiger partial charge in [0, 0.05) is 22.5 Å². The van der Waals surface area contributed by atoms with Crippen molar-refractivity contribution in [2.75, 3.05) is 24.2 Å². The zero-order valence-corrected chi connectivity index (χ0v) is 17.4. The number of likely N-dealkylation sites (N-methyl/N-ethyl adjacent to an activating group) is 1. The van der Waals surface area contributed by atoms with Crippen LogP contribution in [0.2, 0.25) is 0 Å². The molecule has 0 radical (unpaired) electrons. The predicted molar refractivity (Wildman–Crippen MR) is 121 cm³/mol. The first-order chi connectivity index (χ1) is 14.5. The summed E-state index contributed by atoms with van der Waals surface area (Å²) in [5, 5.41) is 5.89. The lowest BCUT2D eigenvalue weighted by Gasteiger charge is -2.15. The van der Waals surface area contributed by atoms with Gasteiger partial charge >= 0.3 is 0 Å². The highest BCUT2D eigenvalue weighted by atomic mass is 16.2. The number of carbonyl (C=O) groups is 2. The molecular weight excluding hydrogens is 374 g/mol. The van der Waals surface area contributed by atoms with E-state index in [2.05, 4.69) is 17.6 Å². The Kier molecular flexibility index (Phi) is 7.35. The van der Waals surface area contributed by atoms with Gasteiger partial charge in [0.2, 0.25) is 0 Å². The monoisotopic (exact) mass is 402 g/mol. The van der Waals surface area contributed by atoms with Crippen molar-refractivity contribution in [2.45, 2.75) is 19.9 Å². The molecule has 5 heteroatoms. The van der Waals surface area contributed by atoms with Gasteiger partial charge in [0.15, 0.2) is 6.54 Å². The van der Waals surface area contributed by atoms with E-state index >= 15 is 0 Å². The van der Waals surface area contributed by atoms with Crippen molar-refractivity contribution in [3.63, 3.8) is 0 Å². The molecule has 0 aliphatic carbocycles. The summed E-state index contributed by atoms with van der Waals surface area (Å²) in [7, 11) is 1.99. The Hall–Kier alpha value is -3.44. The van der Waals surface area contributed by atoms with Crippen LogP contribution in [0.4, 0.5) is 11.4 Å². The van der Waals surface area contributed by atoms with Gasteiger partial charge in [-0.15, -0.1) is 0 Å². The Bertz CT molecular complexity index is 985. The number of hydrogen-bond donors (Lipinski definition) is 3. The molecule has 3 rings (SSSR count). The molecule has 0 spiro atoms. The molecule has 0 saturated heterocycles. The van der Waals surface area contributed by atoms with Gasteiger partial charge in [-0.2, -0.15) is 0 Å². The Morgan fingerprint density at radius 2 is 1.50 bits per heavy atom. The number of quaternary nitrogens is 1. The fourth-order valence-corrected chi connectivity index (χ4v) is 3.33. The van der Waals surface area contributed by atoms with Crippen LogP contribution in [-0.4, -0.2) is 25.4 Å². The Morgan fingerprint density at radius 3 is 2.20 bits per heavy atom. The summed E-state index contributed by atoms with van der Waals surface area (Å²) < 4.78 is 0. The molecule has 1 atom stereocenters. The number of amides is 2. The molecule has 1 unspecified atom stereocenters. The summed E-state index contributed by atoms with van der Waals surface area (Å²) in [5.41, 5.74) is 4.46. The molecule has 154 valence electrons. The van der Waals surface area contributed by atoms with Crippen molar-refractivity contribution in [1.29, 1.82) is 0 Å². The molecule has 30 heavy (non-hydrogen) atoms. The lowest BCUT2D eigenvalue weighted by Crippen LogP contribution is -3.08. The maximum Gasteiger partial charge on any atom is 0.279 e. The van der Waals surface area contributed by atoms with Crippen LogP contribution >= 0.6 is 0 Å². The van der Waals surface area contributed by atoms with Crippen LogP contribution < -0.4 is 15.5 Å². The zero-order valence-electron chi connectivity index (χ0n) is 17.4. The van der Waals surface area contributed by atoms with Crippen molar-refractivity contribution < 1.29 is 14.5 Å². The number of nitrogens with one attached hydrogen (secondary N) is 3. The average molecular weight is 403 g/mol. The third-order valence-electron chi connectivity index (χ3n) is 4.89. The van der Waals surface area contributed by atoms with E-state index in [1.165, 1.54) is 0 Å². The van der Waals surface area contributed by atoms with E-state index < -0.39 is 0 Å². The van der Waals surface area contributed by atoms with E-state index in [1.807, 2.05) is 85.9 Å². The van der Waals surface area contributed by atoms with Gasteiger partial charge in [-0.1, -0.05) is 55.5 Å². The van der Waals surface area contributed by atoms with Gasteiger partial charge < -0.3 is 15.5 Å². The van der Waals surface area contributed by atoms with Gasteiger partial charge in [-0.05, 0) is 42.3 Å². The lowest BCUT2D eigenvalue weighted by molar-refractivity contribution is -0.885. The Balaban J connectivity index is 1.52. The number of anilines is 2. The van der Waals surface area contributed by atoms with Gasteiger partial charge in [0.05, 0.1) is 7.05 Å². The number of para-hydroxylation sites is 2. The van der Waals surface area contributed by atoms with Gasteiger partial charge in [0.1, 0.15) is 6.54 Å². The van der Waals surface area contributed by atoms with Crippen molar-refractivity contribution in [3.05, 3.63) is 95.6 Å². The fourth-order valence-electron chi connectivity index (χ4n) is 3.33. The molecule has 3 N–H and O–H groups in total. The summed E-state index contributed by atoms with van der Waals surface area (Å²) in [4.78, 5) is 25.8. The molecule has 0 saturated carbocycles. The molecule has 0 aliphatic rings. The number of rotatable bonds is 8. The molecule has 5 nitrogen and oxygen atoms in total. The van der Waals surface area contributed by atoms with Gasteiger partial charge in [-0.3, -0.25) is 9.59 Å². The molecule has 0 fully saturated rings. The first-order valence-corrected chi connectivity index (χ1v) is 10.2. The Morgan fingerprint density at radius 1 is 0.833 bits per heavy atom. The highest BCUT2D eigenvalue weighted by Gasteiger charge is 2.13. The molecule has 3 aromatic carbocycles. The predicted octanol–water partition coefficient (Wildman–Crippen LogP) is 3.15. The van der Waals surface area contributed by atoms with E-state index in [4.69, 9.17) is 0 Å². The highest BCUT2D eigenvalue weighted by Crippen LogP contribution is 2.15. The zero-order chi connectivity index (χ0) is 21.3. The summed E-state index contributed by atoms with van der Waals surface area (Å²) in [6.45, 7) is 3.14. The highest BCUT2D eigenvalue weighted by molar-refractivity contribution is 6.04. The van der Waals surface area contributed by atoms with Crippen molar-refractivity contribution in [2.24, 2.45) is 0 Å². The summed E-state index contributed by atoms with van der Waals surface area (Å²) >= 11 is 0. The van der Waals surface area contributed by atoms with Crippen LogP contribution in [0.1, 0.15) is 28.4 Å². The minimum absolute atomic E-state index is 0.00717. The summed E-state index contributed by atoms with van der Waals surface area (Å²) in [6.07, 6.45) is 0.878. The SMILES string of the molecule is CCc1ccccc1NC(=O)C[NH+](C)Cc1ccc(C(=O)Nc2ccccc2)cc1. The van der Waals surface area contributed by atoms with Crippen LogP contribution in [-0.2, 0) is 17.8 Å². The van der Waals surface area contributed by atoms with Crippen LogP contribution in [0.3, 0.4) is 0 Å². The maximum absolute atomic E-state index is 12.4. The minimum atomic E-state index is -0.137. The second-order valence-corrected chi connectivity index (χ2v) is 7.39. The first kappa shape index (κ1) is 21.3. The summed E-state index contributed by atoms with van der Waals surface area (Å²) in [5.74, 6) is -0.144. The van der Waals surface area contributed by atoms with E-state index in [1.54, 1.807) is 0 Å². The molecule has 0 aliphatic heterocycles. The smallest absolute Gasteiger partial charge is 0.279 e. The van der Waals surface area contributed by atoms with E-state index in [-0.39, 0.29) is 11.8 Å². The largest absolute Gasteiger partial charge is 0.326 e. The number of hydrogen-bond acceptors (Lipinski definition) is 2. The van der Waals surface area contributed by atoms with Crippen LogP contribution in [0.5, 0.6) is 0 Å². The number of benzene rings is 3. The lowest BCUT2D eigenvalue weighted by atomic mass is 10.1. The van der Waals surface area contributed by atoms with Gasteiger partial charge in [-0.25, -0.2) is 0 Å². The number of aryl methyl sites for hydroxylation is 1. The average Bonchev–Trinajstić information content (AvgIpc) is 2.75. The van der Waals surface area contributed by atoms with Crippen molar-refractivity contribution >= 4 is 23.2 Å². The van der Waals surface area contributed by atoms with E-state index in [0.717, 1.165) is 33.8 Å². The molecular formula is C25H28N3O2+.